The van der Waals surface area contributed by atoms with Gasteiger partial charge in [-0.05, 0) is 24.0 Å². The van der Waals surface area contributed by atoms with Crippen LogP contribution in [0.4, 0.5) is 0 Å². The first-order valence-corrected chi connectivity index (χ1v) is 7.87. The van der Waals surface area contributed by atoms with Crippen LogP contribution in [-0.4, -0.2) is 34.7 Å². The van der Waals surface area contributed by atoms with E-state index >= 15 is 0 Å². The molecule has 0 unspecified atom stereocenters. The fourth-order valence-corrected chi connectivity index (χ4v) is 2.59. The normalized spacial score (nSPS) is 11.9. The molecule has 1 amide bonds. The number of nitrogens with one attached hydrogen (secondary N) is 1. The molecule has 0 fully saturated rings. The van der Waals surface area contributed by atoms with Crippen molar-refractivity contribution in [3.63, 3.8) is 0 Å². The van der Waals surface area contributed by atoms with Crippen molar-refractivity contribution in [2.75, 3.05) is 6.61 Å². The van der Waals surface area contributed by atoms with Crippen molar-refractivity contribution in [3.8, 4) is 0 Å². The molecule has 0 heterocycles. The molecule has 2 aromatic carbocycles. The van der Waals surface area contributed by atoms with Gasteiger partial charge in [0, 0.05) is 6.61 Å². The van der Waals surface area contributed by atoms with Crippen LogP contribution in [0.15, 0.2) is 60.7 Å². The Bertz CT molecular complexity index is 618. The highest BCUT2D eigenvalue weighted by Gasteiger charge is 2.27. The highest BCUT2D eigenvalue weighted by atomic mass is 16.4. The molecule has 5 heteroatoms. The van der Waals surface area contributed by atoms with Gasteiger partial charge in [-0.25, -0.2) is 4.79 Å². The van der Waals surface area contributed by atoms with Gasteiger partial charge in [-0.1, -0.05) is 60.7 Å². The van der Waals surface area contributed by atoms with Crippen molar-refractivity contribution in [2.24, 2.45) is 0 Å². The van der Waals surface area contributed by atoms with Crippen LogP contribution in [0.25, 0.3) is 0 Å². The summed E-state index contributed by atoms with van der Waals surface area (Å²) < 4.78 is 0. The smallest absolute Gasteiger partial charge is 0.326 e. The summed E-state index contributed by atoms with van der Waals surface area (Å²) in [6.45, 7) is -0.111. The number of carbonyl (C=O) groups excluding carboxylic acids is 1. The SMILES string of the molecule is O=C(N[C@H](CCCO)C(=O)O)C(c1ccccc1)c1ccccc1. The van der Waals surface area contributed by atoms with Crippen LogP contribution >= 0.6 is 0 Å². The Labute approximate surface area is 141 Å². The summed E-state index contributed by atoms with van der Waals surface area (Å²) in [6.07, 6.45) is 0.506. The van der Waals surface area contributed by atoms with Gasteiger partial charge in [-0.2, -0.15) is 0 Å². The summed E-state index contributed by atoms with van der Waals surface area (Å²) in [4.78, 5) is 24.1. The molecule has 1 atom stereocenters. The van der Waals surface area contributed by atoms with Crippen molar-refractivity contribution in [3.05, 3.63) is 71.8 Å². The van der Waals surface area contributed by atoms with E-state index in [1.54, 1.807) is 0 Å². The van der Waals surface area contributed by atoms with Gasteiger partial charge in [0.15, 0.2) is 0 Å². The monoisotopic (exact) mass is 327 g/mol. The van der Waals surface area contributed by atoms with E-state index in [1.165, 1.54) is 0 Å². The first-order valence-electron chi connectivity index (χ1n) is 7.87. The van der Waals surface area contributed by atoms with Crippen molar-refractivity contribution < 1.29 is 19.8 Å². The van der Waals surface area contributed by atoms with Crippen molar-refractivity contribution in [1.29, 1.82) is 0 Å². The van der Waals surface area contributed by atoms with Crippen LogP contribution < -0.4 is 5.32 Å². The molecule has 0 saturated heterocycles. The maximum Gasteiger partial charge on any atom is 0.326 e. The summed E-state index contributed by atoms with van der Waals surface area (Å²) in [5.74, 6) is -2.04. The van der Waals surface area contributed by atoms with E-state index in [2.05, 4.69) is 5.32 Å². The maximum absolute atomic E-state index is 12.8. The summed E-state index contributed by atoms with van der Waals surface area (Å²) in [7, 11) is 0. The van der Waals surface area contributed by atoms with Gasteiger partial charge in [0.1, 0.15) is 6.04 Å². The number of aliphatic hydroxyl groups excluding tert-OH is 1. The van der Waals surface area contributed by atoms with E-state index < -0.39 is 17.9 Å². The molecule has 2 rings (SSSR count). The molecule has 5 nitrogen and oxygen atoms in total. The van der Waals surface area contributed by atoms with Crippen molar-refractivity contribution in [2.45, 2.75) is 24.8 Å². The molecule has 3 N–H and O–H groups in total. The molecule has 126 valence electrons. The molecule has 2 aromatic rings. The number of benzene rings is 2. The first kappa shape index (κ1) is 17.7. The van der Waals surface area contributed by atoms with Gasteiger partial charge >= 0.3 is 5.97 Å². The van der Waals surface area contributed by atoms with Crippen molar-refractivity contribution >= 4 is 11.9 Å². The Kier molecular flexibility index (Phi) is 6.51. The van der Waals surface area contributed by atoms with Gasteiger partial charge in [0.25, 0.3) is 0 Å². The fraction of sp³-hybridized carbons (Fsp3) is 0.263. The molecule has 0 aliphatic rings. The Balaban J connectivity index is 2.26. The minimum atomic E-state index is -1.10. The molecule has 0 spiro atoms. The largest absolute Gasteiger partial charge is 0.480 e. The minimum Gasteiger partial charge on any atom is -0.480 e. The number of carbonyl (C=O) groups is 2. The number of amides is 1. The zero-order valence-electron chi connectivity index (χ0n) is 13.3. The standard InChI is InChI=1S/C19H21NO4/c21-13-7-12-16(19(23)24)20-18(22)17(14-8-3-1-4-9-14)15-10-5-2-6-11-15/h1-6,8-11,16-17,21H,7,12-13H2,(H,20,22)(H,23,24)/t16-/m1/s1. The zero-order valence-corrected chi connectivity index (χ0v) is 13.3. The number of rotatable bonds is 8. The highest BCUT2D eigenvalue weighted by Crippen LogP contribution is 2.25. The Morgan fingerprint density at radius 1 is 0.917 bits per heavy atom. The van der Waals surface area contributed by atoms with Crippen LogP contribution in [0.1, 0.15) is 29.9 Å². The summed E-state index contributed by atoms with van der Waals surface area (Å²) in [6, 6.07) is 17.5. The Hall–Kier alpha value is -2.66. The Morgan fingerprint density at radius 2 is 1.42 bits per heavy atom. The zero-order chi connectivity index (χ0) is 17.4. The second-order valence-electron chi connectivity index (χ2n) is 5.52. The second kappa shape index (κ2) is 8.84. The molecule has 0 aliphatic carbocycles. The summed E-state index contributed by atoms with van der Waals surface area (Å²) in [5, 5.41) is 20.8. The lowest BCUT2D eigenvalue weighted by Crippen LogP contribution is -2.43. The number of aliphatic carboxylic acids is 1. The number of aliphatic hydroxyl groups is 1. The van der Waals surface area contributed by atoms with Gasteiger partial charge < -0.3 is 15.5 Å². The quantitative estimate of drug-likeness (QED) is 0.693. The molecule has 0 bridgehead atoms. The number of carboxylic acid groups (broad SMARTS) is 1. The van der Waals surface area contributed by atoms with Gasteiger partial charge in [-0.15, -0.1) is 0 Å². The lowest BCUT2D eigenvalue weighted by molar-refractivity contribution is -0.142. The molecule has 0 radical (unpaired) electrons. The summed E-state index contributed by atoms with van der Waals surface area (Å²) in [5.41, 5.74) is 1.60. The third kappa shape index (κ3) is 4.67. The topological polar surface area (TPSA) is 86.6 Å². The lowest BCUT2D eigenvalue weighted by atomic mass is 9.90. The fourth-order valence-electron chi connectivity index (χ4n) is 2.59. The van der Waals surface area contributed by atoms with E-state index in [4.69, 9.17) is 5.11 Å². The Morgan fingerprint density at radius 3 is 1.83 bits per heavy atom. The van der Waals surface area contributed by atoms with E-state index in [0.717, 1.165) is 11.1 Å². The van der Waals surface area contributed by atoms with Crippen LogP contribution in [-0.2, 0) is 9.59 Å². The van der Waals surface area contributed by atoms with E-state index in [9.17, 15) is 14.7 Å². The molecule has 0 aromatic heterocycles. The average Bonchev–Trinajstić information content (AvgIpc) is 2.60. The predicted octanol–water partition coefficient (Wildman–Crippen LogP) is 2.16. The van der Waals surface area contributed by atoms with Crippen LogP contribution in [0.3, 0.4) is 0 Å². The third-order valence-corrected chi connectivity index (χ3v) is 3.79. The average molecular weight is 327 g/mol. The van der Waals surface area contributed by atoms with Crippen LogP contribution in [0, 0.1) is 0 Å². The molecular formula is C19H21NO4. The predicted molar refractivity (Wildman–Crippen MR) is 90.6 cm³/mol. The van der Waals surface area contributed by atoms with Crippen LogP contribution in [0.5, 0.6) is 0 Å². The first-order chi connectivity index (χ1) is 11.6. The molecule has 0 saturated carbocycles. The van der Waals surface area contributed by atoms with E-state index in [0.29, 0.717) is 6.42 Å². The minimum absolute atomic E-state index is 0.111. The summed E-state index contributed by atoms with van der Waals surface area (Å²) >= 11 is 0. The molecule has 0 aliphatic heterocycles. The van der Waals surface area contributed by atoms with Gasteiger partial charge in [-0.3, -0.25) is 4.79 Å². The van der Waals surface area contributed by atoms with Crippen LogP contribution in [0.2, 0.25) is 0 Å². The van der Waals surface area contributed by atoms with Gasteiger partial charge in [0.2, 0.25) is 5.91 Å². The highest BCUT2D eigenvalue weighted by molar-refractivity contribution is 5.90. The number of hydrogen-bond donors (Lipinski definition) is 3. The molecular weight excluding hydrogens is 306 g/mol. The molecule has 24 heavy (non-hydrogen) atoms. The number of hydrogen-bond acceptors (Lipinski definition) is 3. The van der Waals surface area contributed by atoms with E-state index in [-0.39, 0.29) is 18.9 Å². The third-order valence-electron chi connectivity index (χ3n) is 3.79. The maximum atomic E-state index is 12.8. The van der Waals surface area contributed by atoms with Gasteiger partial charge in [0.05, 0.1) is 5.92 Å². The second-order valence-corrected chi connectivity index (χ2v) is 5.52. The lowest BCUT2D eigenvalue weighted by Gasteiger charge is -2.21. The van der Waals surface area contributed by atoms with E-state index in [1.807, 2.05) is 60.7 Å². The number of carboxylic acids is 1. The van der Waals surface area contributed by atoms with Crippen molar-refractivity contribution in [1.82, 2.24) is 5.32 Å².